The first-order valence-corrected chi connectivity index (χ1v) is 4.45. The topological polar surface area (TPSA) is 55.8 Å². The summed E-state index contributed by atoms with van der Waals surface area (Å²) in [5.41, 5.74) is 1.54. The molecule has 0 amide bonds. The Morgan fingerprint density at radius 2 is 2.33 bits per heavy atom. The minimum atomic E-state index is -1.11. The first kappa shape index (κ1) is 9.80. The molecule has 4 nitrogen and oxygen atoms in total. The molecule has 15 heavy (non-hydrogen) atoms. The molecule has 1 heterocycles. The van der Waals surface area contributed by atoms with Crippen LogP contribution in [0.3, 0.4) is 0 Å². The van der Waals surface area contributed by atoms with Gasteiger partial charge in [-0.05, 0) is 17.7 Å². The minimum Gasteiger partial charge on any atom is -0.538 e. The van der Waals surface area contributed by atoms with E-state index < -0.39 is 13.1 Å². The van der Waals surface area contributed by atoms with Gasteiger partial charge in [-0.25, -0.2) is 4.79 Å². The van der Waals surface area contributed by atoms with E-state index >= 15 is 0 Å². The molecule has 0 saturated heterocycles. The van der Waals surface area contributed by atoms with Crippen molar-refractivity contribution < 1.29 is 19.2 Å². The molecular formula is C10H9BO4. The summed E-state index contributed by atoms with van der Waals surface area (Å²) >= 11 is 0. The third-order valence-electron chi connectivity index (χ3n) is 2.25. The maximum absolute atomic E-state index is 11.4. The van der Waals surface area contributed by atoms with E-state index in [0.29, 0.717) is 11.0 Å². The first-order valence-electron chi connectivity index (χ1n) is 4.45. The molecule has 76 valence electrons. The number of carbonyl (C=O) groups excluding carboxylic acids is 1. The number of methoxy groups -OCH3 is 1. The molecule has 0 unspecified atom stereocenters. The zero-order valence-electron chi connectivity index (χ0n) is 8.14. The molecule has 0 atom stereocenters. The maximum atomic E-state index is 11.4. The van der Waals surface area contributed by atoms with Crippen LogP contribution in [0.2, 0.25) is 0 Å². The average molecular weight is 204 g/mol. The van der Waals surface area contributed by atoms with E-state index in [9.17, 15) is 9.82 Å². The van der Waals surface area contributed by atoms with Crippen molar-refractivity contribution in [1.29, 1.82) is 0 Å². The van der Waals surface area contributed by atoms with Crippen LogP contribution in [0.1, 0.15) is 15.9 Å². The van der Waals surface area contributed by atoms with E-state index in [1.54, 1.807) is 24.3 Å². The largest absolute Gasteiger partial charge is 0.561 e. The molecule has 0 bridgehead atoms. The Bertz CT molecular complexity index is 427. The van der Waals surface area contributed by atoms with Crippen LogP contribution in [0, 0.1) is 0 Å². The van der Waals surface area contributed by atoms with Crippen molar-refractivity contribution in [2.24, 2.45) is 0 Å². The molecule has 1 aromatic rings. The van der Waals surface area contributed by atoms with E-state index in [1.807, 2.05) is 0 Å². The Kier molecular flexibility index (Phi) is 2.47. The van der Waals surface area contributed by atoms with Crippen LogP contribution in [-0.4, -0.2) is 25.2 Å². The molecule has 1 aliphatic rings. The van der Waals surface area contributed by atoms with Gasteiger partial charge in [-0.3, -0.25) is 0 Å². The summed E-state index contributed by atoms with van der Waals surface area (Å²) in [5, 5.41) is 9.61. The van der Waals surface area contributed by atoms with Crippen molar-refractivity contribution in [1.82, 2.24) is 0 Å². The summed E-state index contributed by atoms with van der Waals surface area (Å²) in [4.78, 5) is 11.4. The van der Waals surface area contributed by atoms with Crippen molar-refractivity contribution in [2.45, 2.75) is 0 Å². The third-order valence-corrected chi connectivity index (χ3v) is 2.25. The average Bonchev–Trinajstić information content (AvgIpc) is 2.28. The lowest BCUT2D eigenvalue weighted by Gasteiger charge is -2.16. The number of esters is 1. The van der Waals surface area contributed by atoms with Crippen LogP contribution >= 0.6 is 0 Å². The summed E-state index contributed by atoms with van der Waals surface area (Å²) in [6, 6.07) is 5.12. The van der Waals surface area contributed by atoms with E-state index in [-0.39, 0.29) is 0 Å². The summed E-state index contributed by atoms with van der Waals surface area (Å²) < 4.78 is 9.53. The molecule has 0 aromatic heterocycles. The number of hydrogen-bond donors (Lipinski definition) is 1. The molecule has 0 radical (unpaired) electrons. The molecule has 5 heteroatoms. The molecule has 1 N–H and O–H groups in total. The molecule has 1 aromatic carbocycles. The van der Waals surface area contributed by atoms with E-state index in [4.69, 9.17) is 4.65 Å². The quantitative estimate of drug-likeness (QED) is 0.522. The fourth-order valence-corrected chi connectivity index (χ4v) is 1.55. The number of benzene rings is 1. The van der Waals surface area contributed by atoms with Gasteiger partial charge in [-0.2, -0.15) is 0 Å². The summed E-state index contributed by atoms with van der Waals surface area (Å²) in [5.74, 6) is -0.482. The maximum Gasteiger partial charge on any atom is 0.561 e. The number of fused-ring (bicyclic) bond motifs is 1. The van der Waals surface area contributed by atoms with Gasteiger partial charge in [0, 0.05) is 5.46 Å². The molecule has 2 rings (SSSR count). The van der Waals surface area contributed by atoms with Crippen molar-refractivity contribution >= 4 is 24.6 Å². The minimum absolute atomic E-state index is 0.326. The van der Waals surface area contributed by atoms with Crippen molar-refractivity contribution in [3.8, 4) is 0 Å². The predicted octanol–water partition coefficient (Wildman–Crippen LogP) is 0.162. The van der Waals surface area contributed by atoms with Crippen LogP contribution < -0.4 is 5.46 Å². The lowest BCUT2D eigenvalue weighted by atomic mass is 9.72. The summed E-state index contributed by atoms with van der Waals surface area (Å²) in [6.07, 6.45) is 3.09. The Balaban J connectivity index is 2.57. The number of rotatable bonds is 1. The second kappa shape index (κ2) is 3.78. The van der Waals surface area contributed by atoms with Gasteiger partial charge >= 0.3 is 13.1 Å². The van der Waals surface area contributed by atoms with E-state index in [1.165, 1.54) is 13.4 Å². The fraction of sp³-hybridized carbons (Fsp3) is 0.100. The van der Waals surface area contributed by atoms with Crippen molar-refractivity contribution in [2.75, 3.05) is 7.11 Å². The van der Waals surface area contributed by atoms with Gasteiger partial charge in [0.05, 0.1) is 18.9 Å². The van der Waals surface area contributed by atoms with Gasteiger partial charge in [-0.1, -0.05) is 12.1 Å². The van der Waals surface area contributed by atoms with Gasteiger partial charge < -0.3 is 14.4 Å². The van der Waals surface area contributed by atoms with Crippen LogP contribution in [0.15, 0.2) is 24.5 Å². The van der Waals surface area contributed by atoms with Gasteiger partial charge in [0.1, 0.15) is 0 Å². The zero-order valence-corrected chi connectivity index (χ0v) is 8.14. The molecule has 1 aliphatic heterocycles. The SMILES string of the molecule is COC(=O)c1cccc2c1B(O)OC=C2. The smallest absolute Gasteiger partial charge is 0.538 e. The van der Waals surface area contributed by atoms with E-state index in [2.05, 4.69) is 4.74 Å². The second-order valence-electron chi connectivity index (χ2n) is 3.09. The Hall–Kier alpha value is -1.75. The molecule has 0 spiro atoms. The monoisotopic (exact) mass is 204 g/mol. The predicted molar refractivity (Wildman–Crippen MR) is 55.5 cm³/mol. The van der Waals surface area contributed by atoms with Gasteiger partial charge in [-0.15, -0.1) is 0 Å². The number of carbonyl (C=O) groups is 1. The molecule has 0 saturated carbocycles. The zero-order chi connectivity index (χ0) is 10.8. The lowest BCUT2D eigenvalue weighted by Crippen LogP contribution is -2.40. The van der Waals surface area contributed by atoms with Crippen LogP contribution in [0.5, 0.6) is 0 Å². The molecule has 0 aliphatic carbocycles. The van der Waals surface area contributed by atoms with Gasteiger partial charge in [0.2, 0.25) is 0 Å². The van der Waals surface area contributed by atoms with Gasteiger partial charge in [0.15, 0.2) is 0 Å². The van der Waals surface area contributed by atoms with Crippen molar-refractivity contribution in [3.05, 3.63) is 35.6 Å². The van der Waals surface area contributed by atoms with Crippen molar-refractivity contribution in [3.63, 3.8) is 0 Å². The van der Waals surface area contributed by atoms with Gasteiger partial charge in [0.25, 0.3) is 0 Å². The normalized spacial score (nSPS) is 13.1. The van der Waals surface area contributed by atoms with Crippen LogP contribution in [0.25, 0.3) is 6.08 Å². The number of hydrogen-bond acceptors (Lipinski definition) is 4. The summed E-state index contributed by atoms with van der Waals surface area (Å²) in [6.45, 7) is 0. The van der Waals surface area contributed by atoms with E-state index in [0.717, 1.165) is 5.56 Å². The summed E-state index contributed by atoms with van der Waals surface area (Å²) in [7, 11) is 0.188. The van der Waals surface area contributed by atoms with Crippen LogP contribution in [-0.2, 0) is 9.39 Å². The highest BCUT2D eigenvalue weighted by Gasteiger charge is 2.29. The number of ether oxygens (including phenoxy) is 1. The molecular weight excluding hydrogens is 195 g/mol. The second-order valence-corrected chi connectivity index (χ2v) is 3.09. The highest BCUT2D eigenvalue weighted by atomic mass is 16.5. The standard InChI is InChI=1S/C10H9BO4/c1-14-10(12)8-4-2-3-7-5-6-15-11(13)9(7)8/h2-6,13H,1H3. The third kappa shape index (κ3) is 1.61. The highest BCUT2D eigenvalue weighted by Crippen LogP contribution is 2.11. The highest BCUT2D eigenvalue weighted by molar-refractivity contribution is 6.63. The Labute approximate surface area is 87.3 Å². The Morgan fingerprint density at radius 3 is 3.07 bits per heavy atom. The fourth-order valence-electron chi connectivity index (χ4n) is 1.55. The van der Waals surface area contributed by atoms with Crippen LogP contribution in [0.4, 0.5) is 0 Å². The first-order chi connectivity index (χ1) is 7.24. The lowest BCUT2D eigenvalue weighted by molar-refractivity contribution is 0.0601. The molecule has 0 fully saturated rings. The Morgan fingerprint density at radius 1 is 1.53 bits per heavy atom.